The number of sulfonamides is 1. The van der Waals surface area contributed by atoms with Gasteiger partial charge in [0.2, 0.25) is 10.0 Å². The third-order valence-electron chi connectivity index (χ3n) is 3.91. The van der Waals surface area contributed by atoms with Crippen LogP contribution in [0.15, 0.2) is 29.2 Å². The maximum absolute atomic E-state index is 12.4. The summed E-state index contributed by atoms with van der Waals surface area (Å²) in [6.45, 7) is 0. The third-order valence-corrected chi connectivity index (χ3v) is 7.34. The molecule has 2 aliphatic rings. The molecule has 0 spiro atoms. The van der Waals surface area contributed by atoms with E-state index in [0.717, 1.165) is 11.1 Å². The second-order valence-corrected chi connectivity index (χ2v) is 9.53. The maximum Gasteiger partial charge on any atom is 0.237 e. The third kappa shape index (κ3) is 3.20. The number of sulfone groups is 1. The molecule has 21 heavy (non-hydrogen) atoms. The molecular weight excluding hydrogens is 310 g/mol. The number of hydrogen-bond acceptors (Lipinski definition) is 4. The Bertz CT molecular complexity index is 794. The van der Waals surface area contributed by atoms with Gasteiger partial charge >= 0.3 is 0 Å². The lowest BCUT2D eigenvalue weighted by Gasteiger charge is -2.18. The fourth-order valence-electron chi connectivity index (χ4n) is 2.80. The molecule has 0 saturated carbocycles. The monoisotopic (exact) mass is 327 g/mol. The molecule has 0 aromatic heterocycles. The number of rotatable bonds is 3. The zero-order valence-corrected chi connectivity index (χ0v) is 13.1. The van der Waals surface area contributed by atoms with Crippen LogP contribution in [-0.2, 0) is 26.3 Å². The predicted molar refractivity (Wildman–Crippen MR) is 81.9 cm³/mol. The van der Waals surface area contributed by atoms with Crippen molar-refractivity contribution in [3.8, 4) is 0 Å². The summed E-state index contributed by atoms with van der Waals surface area (Å²) in [6.07, 6.45) is 3.17. The zero-order chi connectivity index (χ0) is 15.1. The van der Waals surface area contributed by atoms with Gasteiger partial charge in [-0.25, -0.2) is 21.6 Å². The minimum absolute atomic E-state index is 0.0576. The van der Waals surface area contributed by atoms with Crippen LogP contribution in [-0.4, -0.2) is 34.4 Å². The molecule has 7 heteroatoms. The number of benzene rings is 1. The number of allylic oxidation sites excluding steroid dienone is 1. The smallest absolute Gasteiger partial charge is 0.229 e. The minimum atomic E-state index is -3.61. The SMILES string of the molecule is O=S1(=O)CC[C@@H](NS(=O)(=O)C2=Cc3ccccc3CC2)C1. The number of nitrogens with one attached hydrogen (secondary N) is 1. The Morgan fingerprint density at radius 2 is 1.90 bits per heavy atom. The van der Waals surface area contributed by atoms with Crippen LogP contribution >= 0.6 is 0 Å². The first kappa shape index (κ1) is 14.7. The van der Waals surface area contributed by atoms with Gasteiger partial charge in [-0.3, -0.25) is 0 Å². The van der Waals surface area contributed by atoms with Crippen molar-refractivity contribution in [3.63, 3.8) is 0 Å². The molecule has 1 aliphatic carbocycles. The van der Waals surface area contributed by atoms with E-state index in [0.29, 0.717) is 24.2 Å². The van der Waals surface area contributed by atoms with E-state index in [1.807, 2.05) is 24.3 Å². The summed E-state index contributed by atoms with van der Waals surface area (Å²) >= 11 is 0. The lowest BCUT2D eigenvalue weighted by atomic mass is 9.98. The van der Waals surface area contributed by atoms with Gasteiger partial charge in [-0.2, -0.15) is 0 Å². The highest BCUT2D eigenvalue weighted by Crippen LogP contribution is 2.27. The van der Waals surface area contributed by atoms with Gasteiger partial charge in [0.25, 0.3) is 0 Å². The highest BCUT2D eigenvalue weighted by atomic mass is 32.2. The van der Waals surface area contributed by atoms with E-state index in [9.17, 15) is 16.8 Å². The summed E-state index contributed by atoms with van der Waals surface area (Å²) in [6, 6.07) is 7.20. The number of aryl methyl sites for hydroxylation is 1. The lowest BCUT2D eigenvalue weighted by molar-refractivity contribution is 0.566. The first-order valence-corrected chi connectivity index (χ1v) is 10.2. The number of hydrogen-bond donors (Lipinski definition) is 1. The van der Waals surface area contributed by atoms with E-state index < -0.39 is 25.9 Å². The first-order chi connectivity index (χ1) is 9.86. The van der Waals surface area contributed by atoms with E-state index in [1.54, 1.807) is 6.08 Å². The highest BCUT2D eigenvalue weighted by Gasteiger charge is 2.32. The Labute approximate surface area is 125 Å². The van der Waals surface area contributed by atoms with Crippen molar-refractivity contribution < 1.29 is 16.8 Å². The summed E-state index contributed by atoms with van der Waals surface area (Å²) in [5, 5.41) is 0. The van der Waals surface area contributed by atoms with Gasteiger partial charge < -0.3 is 0 Å². The van der Waals surface area contributed by atoms with Crippen LogP contribution in [0.1, 0.15) is 24.0 Å². The van der Waals surface area contributed by atoms with Gasteiger partial charge in [-0.05, 0) is 36.5 Å². The van der Waals surface area contributed by atoms with Crippen LogP contribution in [0, 0.1) is 0 Å². The largest absolute Gasteiger partial charge is 0.237 e. The summed E-state index contributed by atoms with van der Waals surface area (Å²) in [5.41, 5.74) is 2.06. The molecule has 0 amide bonds. The second-order valence-electron chi connectivity index (χ2n) is 5.53. The zero-order valence-electron chi connectivity index (χ0n) is 11.4. The molecule has 1 aromatic carbocycles. The molecule has 1 atom stereocenters. The van der Waals surface area contributed by atoms with Crippen LogP contribution in [0.2, 0.25) is 0 Å². The maximum atomic E-state index is 12.4. The summed E-state index contributed by atoms with van der Waals surface area (Å²) in [4.78, 5) is 0.338. The predicted octanol–water partition coefficient (Wildman–Crippen LogP) is 1.08. The van der Waals surface area contributed by atoms with Crippen molar-refractivity contribution in [2.75, 3.05) is 11.5 Å². The summed E-state index contributed by atoms with van der Waals surface area (Å²) in [7, 11) is -6.71. The quantitative estimate of drug-likeness (QED) is 0.901. The molecule has 1 heterocycles. The van der Waals surface area contributed by atoms with Gasteiger partial charge in [0, 0.05) is 6.04 Å². The Morgan fingerprint density at radius 3 is 2.62 bits per heavy atom. The first-order valence-electron chi connectivity index (χ1n) is 6.87. The van der Waals surface area contributed by atoms with Crippen LogP contribution in [0.4, 0.5) is 0 Å². The molecule has 5 nitrogen and oxygen atoms in total. The van der Waals surface area contributed by atoms with E-state index >= 15 is 0 Å². The Balaban J connectivity index is 1.82. The molecule has 1 aliphatic heterocycles. The summed E-state index contributed by atoms with van der Waals surface area (Å²) < 4.78 is 50.1. The van der Waals surface area contributed by atoms with Crippen LogP contribution in [0.3, 0.4) is 0 Å². The van der Waals surface area contributed by atoms with Crippen LogP contribution < -0.4 is 4.72 Å². The van der Waals surface area contributed by atoms with Crippen LogP contribution in [0.5, 0.6) is 0 Å². The number of fused-ring (bicyclic) bond motifs is 1. The molecule has 0 bridgehead atoms. The molecule has 1 N–H and O–H groups in total. The van der Waals surface area contributed by atoms with Gasteiger partial charge in [-0.1, -0.05) is 24.3 Å². The van der Waals surface area contributed by atoms with Crippen LogP contribution in [0.25, 0.3) is 6.08 Å². The van der Waals surface area contributed by atoms with E-state index in [2.05, 4.69) is 4.72 Å². The van der Waals surface area contributed by atoms with Crippen molar-refractivity contribution in [3.05, 3.63) is 40.3 Å². The Kier molecular flexibility index (Phi) is 3.67. The molecule has 0 unspecified atom stereocenters. The molecular formula is C14H17NO4S2. The molecule has 0 radical (unpaired) electrons. The van der Waals surface area contributed by atoms with E-state index in [1.165, 1.54) is 0 Å². The molecule has 1 saturated heterocycles. The van der Waals surface area contributed by atoms with Crippen molar-refractivity contribution in [2.24, 2.45) is 0 Å². The van der Waals surface area contributed by atoms with E-state index in [-0.39, 0.29) is 11.5 Å². The lowest BCUT2D eigenvalue weighted by Crippen LogP contribution is -2.36. The summed E-state index contributed by atoms with van der Waals surface area (Å²) in [5.74, 6) is -0.0435. The van der Waals surface area contributed by atoms with Gasteiger partial charge in [-0.15, -0.1) is 0 Å². The molecule has 1 fully saturated rings. The van der Waals surface area contributed by atoms with Crippen molar-refractivity contribution in [2.45, 2.75) is 25.3 Å². The second kappa shape index (κ2) is 5.23. The van der Waals surface area contributed by atoms with Crippen molar-refractivity contribution >= 4 is 25.9 Å². The van der Waals surface area contributed by atoms with Crippen molar-refractivity contribution in [1.82, 2.24) is 4.72 Å². The fraction of sp³-hybridized carbons (Fsp3) is 0.429. The average molecular weight is 327 g/mol. The standard InChI is InChI=1S/C14H17NO4S2/c16-20(17)8-7-13(10-20)15-21(18,19)14-6-5-11-3-1-2-4-12(11)9-14/h1-4,9,13,15H,5-8,10H2/t13-/m1/s1. The Morgan fingerprint density at radius 1 is 1.14 bits per heavy atom. The van der Waals surface area contributed by atoms with Gasteiger partial charge in [0.1, 0.15) is 0 Å². The van der Waals surface area contributed by atoms with Gasteiger partial charge in [0.05, 0.1) is 16.4 Å². The average Bonchev–Trinajstić information content (AvgIpc) is 2.76. The molecule has 114 valence electrons. The van der Waals surface area contributed by atoms with E-state index in [4.69, 9.17) is 0 Å². The van der Waals surface area contributed by atoms with Gasteiger partial charge in [0.15, 0.2) is 9.84 Å². The fourth-order valence-corrected chi connectivity index (χ4v) is 6.02. The minimum Gasteiger partial charge on any atom is -0.229 e. The molecule has 1 aromatic rings. The normalized spacial score (nSPS) is 24.4. The van der Waals surface area contributed by atoms with Crippen molar-refractivity contribution in [1.29, 1.82) is 0 Å². The highest BCUT2D eigenvalue weighted by molar-refractivity contribution is 7.94. The molecule has 3 rings (SSSR count). The Hall–Kier alpha value is -1.18. The topological polar surface area (TPSA) is 80.3 Å².